The minimum absolute atomic E-state index is 0.112. The first-order valence-electron chi connectivity index (χ1n) is 7.50. The zero-order valence-electron chi connectivity index (χ0n) is 13.3. The molecule has 0 aliphatic rings. The molecule has 2 aromatic carbocycles. The number of anilines is 1. The van der Waals surface area contributed by atoms with Crippen LogP contribution in [0.25, 0.3) is 0 Å². The topological polar surface area (TPSA) is 49.4 Å². The van der Waals surface area contributed by atoms with Gasteiger partial charge in [0.1, 0.15) is 5.82 Å². The molecule has 6 heteroatoms. The van der Waals surface area contributed by atoms with Crippen LogP contribution in [-0.4, -0.2) is 23.3 Å². The molecule has 24 heavy (non-hydrogen) atoms. The second kappa shape index (κ2) is 8.45. The van der Waals surface area contributed by atoms with Crippen LogP contribution in [0.2, 0.25) is 5.02 Å². The Kier molecular flexibility index (Phi) is 6.32. The number of rotatable bonds is 6. The van der Waals surface area contributed by atoms with Gasteiger partial charge in [-0.2, -0.15) is 0 Å². The predicted octanol–water partition coefficient (Wildman–Crippen LogP) is 3.86. The van der Waals surface area contributed by atoms with Crippen molar-refractivity contribution in [3.05, 3.63) is 64.9 Å². The third kappa shape index (κ3) is 5.35. The molecule has 0 atom stereocenters. The van der Waals surface area contributed by atoms with Crippen LogP contribution < -0.4 is 5.32 Å². The molecule has 0 heterocycles. The van der Waals surface area contributed by atoms with Crippen LogP contribution in [0, 0.1) is 5.82 Å². The molecule has 1 N–H and O–H groups in total. The Balaban J connectivity index is 1.92. The van der Waals surface area contributed by atoms with Crippen LogP contribution in [0.5, 0.6) is 0 Å². The second-order valence-electron chi connectivity index (χ2n) is 5.34. The maximum Gasteiger partial charge on any atom is 0.226 e. The summed E-state index contributed by atoms with van der Waals surface area (Å²) in [6, 6.07) is 13.1. The van der Waals surface area contributed by atoms with Crippen molar-refractivity contribution in [3.63, 3.8) is 0 Å². The number of benzene rings is 2. The summed E-state index contributed by atoms with van der Waals surface area (Å²) in [5, 5.41) is 3.24. The number of nitrogens with zero attached hydrogens (tertiary/aromatic N) is 1. The Morgan fingerprint density at radius 2 is 1.92 bits per heavy atom. The first-order chi connectivity index (χ1) is 11.5. The molecule has 0 radical (unpaired) electrons. The molecule has 4 nitrogen and oxygen atoms in total. The van der Waals surface area contributed by atoms with Gasteiger partial charge in [-0.15, -0.1) is 0 Å². The Morgan fingerprint density at radius 3 is 2.58 bits per heavy atom. The summed E-state index contributed by atoms with van der Waals surface area (Å²) in [6.07, 6.45) is 0.112. The Bertz CT molecular complexity index is 736. The average Bonchev–Trinajstić information content (AvgIpc) is 2.52. The van der Waals surface area contributed by atoms with Crippen LogP contribution in [0.15, 0.2) is 48.5 Å². The lowest BCUT2D eigenvalue weighted by Gasteiger charge is -2.21. The summed E-state index contributed by atoms with van der Waals surface area (Å²) in [4.78, 5) is 25.2. The molecule has 0 spiro atoms. The quantitative estimate of drug-likeness (QED) is 0.861. The summed E-state index contributed by atoms with van der Waals surface area (Å²) in [6.45, 7) is 1.73. The molecular formula is C18H18ClFN2O2. The normalized spacial score (nSPS) is 10.3. The van der Waals surface area contributed by atoms with Crippen molar-refractivity contribution in [1.29, 1.82) is 0 Å². The number of amides is 2. The van der Waals surface area contributed by atoms with E-state index in [1.807, 2.05) is 0 Å². The van der Waals surface area contributed by atoms with E-state index >= 15 is 0 Å². The van der Waals surface area contributed by atoms with Gasteiger partial charge in [0, 0.05) is 42.7 Å². The van der Waals surface area contributed by atoms with E-state index in [1.165, 1.54) is 17.9 Å². The fourth-order valence-electron chi connectivity index (χ4n) is 2.21. The maximum absolute atomic E-state index is 13.7. The minimum atomic E-state index is -0.368. The lowest BCUT2D eigenvalue weighted by Crippen LogP contribution is -2.31. The summed E-state index contributed by atoms with van der Waals surface area (Å²) >= 11 is 5.86. The van der Waals surface area contributed by atoms with Gasteiger partial charge in [0.25, 0.3) is 0 Å². The third-order valence-electron chi connectivity index (χ3n) is 3.48. The van der Waals surface area contributed by atoms with Gasteiger partial charge in [-0.05, 0) is 24.3 Å². The van der Waals surface area contributed by atoms with E-state index in [-0.39, 0.29) is 37.1 Å². The standard InChI is InChI=1S/C18H18ClFN2O2/c1-13(23)22(12-14-5-2-3-8-17(14)20)10-9-18(24)21-16-7-4-6-15(19)11-16/h2-8,11H,9-10,12H2,1H3,(H,21,24). The molecule has 2 rings (SSSR count). The second-order valence-corrected chi connectivity index (χ2v) is 5.78. The van der Waals surface area contributed by atoms with Gasteiger partial charge in [-0.1, -0.05) is 35.9 Å². The van der Waals surface area contributed by atoms with Gasteiger partial charge >= 0.3 is 0 Å². The Hall–Kier alpha value is -2.40. The summed E-state index contributed by atoms with van der Waals surface area (Å²) < 4.78 is 13.7. The highest BCUT2D eigenvalue weighted by atomic mass is 35.5. The van der Waals surface area contributed by atoms with E-state index in [2.05, 4.69) is 5.32 Å². The van der Waals surface area contributed by atoms with Crippen molar-refractivity contribution in [1.82, 2.24) is 4.90 Å². The number of hydrogen-bond acceptors (Lipinski definition) is 2. The Labute approximate surface area is 145 Å². The van der Waals surface area contributed by atoms with Gasteiger partial charge in [0.2, 0.25) is 11.8 Å². The number of carbonyl (C=O) groups excluding carboxylic acids is 2. The van der Waals surface area contributed by atoms with Gasteiger partial charge in [0.05, 0.1) is 0 Å². The minimum Gasteiger partial charge on any atom is -0.338 e. The highest BCUT2D eigenvalue weighted by Crippen LogP contribution is 2.15. The molecule has 0 aromatic heterocycles. The molecule has 0 saturated heterocycles. The van der Waals surface area contributed by atoms with Crippen LogP contribution in [0.4, 0.5) is 10.1 Å². The smallest absolute Gasteiger partial charge is 0.226 e. The molecule has 0 aliphatic heterocycles. The van der Waals surface area contributed by atoms with E-state index in [9.17, 15) is 14.0 Å². The lowest BCUT2D eigenvalue weighted by atomic mass is 10.2. The van der Waals surface area contributed by atoms with Crippen LogP contribution in [0.3, 0.4) is 0 Å². The fourth-order valence-corrected chi connectivity index (χ4v) is 2.40. The molecule has 0 bridgehead atoms. The third-order valence-corrected chi connectivity index (χ3v) is 3.72. The lowest BCUT2D eigenvalue weighted by molar-refractivity contribution is -0.130. The monoisotopic (exact) mass is 348 g/mol. The van der Waals surface area contributed by atoms with Gasteiger partial charge in [-0.25, -0.2) is 4.39 Å². The highest BCUT2D eigenvalue weighted by molar-refractivity contribution is 6.30. The van der Waals surface area contributed by atoms with Crippen molar-refractivity contribution >= 4 is 29.1 Å². The van der Waals surface area contributed by atoms with Crippen LogP contribution in [0.1, 0.15) is 18.9 Å². The maximum atomic E-state index is 13.7. The predicted molar refractivity (Wildman–Crippen MR) is 92.2 cm³/mol. The van der Waals surface area contributed by atoms with Crippen molar-refractivity contribution in [2.45, 2.75) is 19.9 Å². The van der Waals surface area contributed by atoms with E-state index in [4.69, 9.17) is 11.6 Å². The van der Waals surface area contributed by atoms with Crippen molar-refractivity contribution < 1.29 is 14.0 Å². The van der Waals surface area contributed by atoms with E-state index in [1.54, 1.807) is 42.5 Å². The number of halogens is 2. The summed E-state index contributed by atoms with van der Waals surface area (Å²) in [5.41, 5.74) is 1.01. The molecule has 126 valence electrons. The fraction of sp³-hybridized carbons (Fsp3) is 0.222. The van der Waals surface area contributed by atoms with E-state index in [0.717, 1.165) is 0 Å². The summed E-state index contributed by atoms with van der Waals surface area (Å²) in [7, 11) is 0. The zero-order chi connectivity index (χ0) is 17.5. The van der Waals surface area contributed by atoms with Gasteiger partial charge < -0.3 is 10.2 Å². The molecule has 2 amide bonds. The zero-order valence-corrected chi connectivity index (χ0v) is 14.0. The molecule has 0 unspecified atom stereocenters. The SMILES string of the molecule is CC(=O)N(CCC(=O)Nc1cccc(Cl)c1)Cc1ccccc1F. The summed E-state index contributed by atoms with van der Waals surface area (Å²) in [5.74, 6) is -0.821. The number of hydrogen-bond donors (Lipinski definition) is 1. The van der Waals surface area contributed by atoms with Crippen molar-refractivity contribution in [2.24, 2.45) is 0 Å². The number of nitrogens with one attached hydrogen (secondary N) is 1. The van der Waals surface area contributed by atoms with E-state index in [0.29, 0.717) is 16.3 Å². The van der Waals surface area contributed by atoms with Crippen LogP contribution in [-0.2, 0) is 16.1 Å². The average molecular weight is 349 g/mol. The largest absolute Gasteiger partial charge is 0.338 e. The van der Waals surface area contributed by atoms with Gasteiger partial charge in [-0.3, -0.25) is 9.59 Å². The van der Waals surface area contributed by atoms with E-state index < -0.39 is 0 Å². The van der Waals surface area contributed by atoms with Crippen LogP contribution >= 0.6 is 11.6 Å². The van der Waals surface area contributed by atoms with Gasteiger partial charge in [0.15, 0.2) is 0 Å². The highest BCUT2D eigenvalue weighted by Gasteiger charge is 2.14. The van der Waals surface area contributed by atoms with Crippen molar-refractivity contribution in [3.8, 4) is 0 Å². The molecule has 0 aliphatic carbocycles. The molecule has 0 fully saturated rings. The molecular weight excluding hydrogens is 331 g/mol. The first kappa shape index (κ1) is 17.9. The molecule has 0 saturated carbocycles. The molecule has 2 aromatic rings. The Morgan fingerprint density at radius 1 is 1.17 bits per heavy atom. The first-order valence-corrected chi connectivity index (χ1v) is 7.88. The van der Waals surface area contributed by atoms with Crippen molar-refractivity contribution in [2.75, 3.05) is 11.9 Å². The number of carbonyl (C=O) groups is 2.